The van der Waals surface area contributed by atoms with Gasteiger partial charge in [-0.2, -0.15) is 0 Å². The lowest BCUT2D eigenvalue weighted by molar-refractivity contribution is 0.667. The molecule has 0 aliphatic heterocycles. The van der Waals surface area contributed by atoms with E-state index in [0.29, 0.717) is 0 Å². The fourth-order valence-corrected chi connectivity index (χ4v) is 8.27. The Bertz CT molecular complexity index is 2600. The highest BCUT2D eigenvalue weighted by molar-refractivity contribution is 6.12. The SMILES string of the molecule is c1ccc(C2(c3ccccc3)c3ccccc3-c3cc4c(cc32)oc2c(-c3ccc(-c5cccc6ccccc56)cc3)cccc24)cc1. The van der Waals surface area contributed by atoms with Crippen LogP contribution in [0.25, 0.3) is 66.1 Å². The van der Waals surface area contributed by atoms with Crippen LogP contribution in [-0.2, 0) is 5.41 Å². The van der Waals surface area contributed by atoms with Crippen LogP contribution in [0.1, 0.15) is 22.3 Å². The maximum Gasteiger partial charge on any atom is 0.143 e. The standard InChI is InChI=1S/C47H30O/c1-3-15-34(16-4-1)47(35-17-5-2-6-18-35)43-24-10-9-20-39(43)41-29-42-40-23-12-22-38(46(40)48-45(42)30-44(41)47)33-27-25-32(26-28-33)37-21-11-14-31-13-7-8-19-36(31)37/h1-30H. The summed E-state index contributed by atoms with van der Waals surface area (Å²) in [6.45, 7) is 0. The van der Waals surface area contributed by atoms with E-state index in [9.17, 15) is 0 Å². The summed E-state index contributed by atoms with van der Waals surface area (Å²) >= 11 is 0. The van der Waals surface area contributed by atoms with Crippen molar-refractivity contribution in [3.8, 4) is 33.4 Å². The maximum absolute atomic E-state index is 6.90. The van der Waals surface area contributed by atoms with Crippen LogP contribution >= 0.6 is 0 Å². The molecular weight excluding hydrogens is 581 g/mol. The molecule has 1 aliphatic carbocycles. The molecule has 1 nitrogen and oxygen atoms in total. The van der Waals surface area contributed by atoms with Gasteiger partial charge >= 0.3 is 0 Å². The van der Waals surface area contributed by atoms with Gasteiger partial charge in [0, 0.05) is 16.3 Å². The molecule has 0 saturated heterocycles. The van der Waals surface area contributed by atoms with Crippen molar-refractivity contribution in [1.82, 2.24) is 0 Å². The van der Waals surface area contributed by atoms with Crippen LogP contribution in [0.4, 0.5) is 0 Å². The Labute approximate surface area is 279 Å². The summed E-state index contributed by atoms with van der Waals surface area (Å²) in [4.78, 5) is 0. The Morgan fingerprint density at radius 2 is 0.917 bits per heavy atom. The third-order valence-electron chi connectivity index (χ3n) is 10.4. The van der Waals surface area contributed by atoms with E-state index >= 15 is 0 Å². The Morgan fingerprint density at radius 1 is 0.354 bits per heavy atom. The fraction of sp³-hybridized carbons (Fsp3) is 0.0213. The first-order chi connectivity index (χ1) is 23.8. The maximum atomic E-state index is 6.90. The number of hydrogen-bond donors (Lipinski definition) is 0. The van der Waals surface area contributed by atoms with Crippen molar-refractivity contribution < 1.29 is 4.42 Å². The van der Waals surface area contributed by atoms with E-state index in [0.717, 1.165) is 33.1 Å². The molecule has 224 valence electrons. The lowest BCUT2D eigenvalue weighted by Gasteiger charge is -2.33. The first-order valence-corrected chi connectivity index (χ1v) is 16.6. The minimum absolute atomic E-state index is 0.456. The number of para-hydroxylation sites is 1. The van der Waals surface area contributed by atoms with Crippen molar-refractivity contribution in [3.05, 3.63) is 204 Å². The smallest absolute Gasteiger partial charge is 0.143 e. The Morgan fingerprint density at radius 3 is 1.69 bits per heavy atom. The second kappa shape index (κ2) is 10.4. The van der Waals surface area contributed by atoms with E-state index in [1.54, 1.807) is 0 Å². The van der Waals surface area contributed by atoms with Gasteiger partial charge in [0.1, 0.15) is 11.2 Å². The Hall–Kier alpha value is -6.18. The minimum Gasteiger partial charge on any atom is -0.455 e. The third kappa shape index (κ3) is 3.79. The average molecular weight is 611 g/mol. The molecule has 1 heteroatoms. The third-order valence-corrected chi connectivity index (χ3v) is 10.4. The Kier molecular flexibility index (Phi) is 5.86. The van der Waals surface area contributed by atoms with E-state index in [4.69, 9.17) is 4.42 Å². The number of benzene rings is 8. The highest BCUT2D eigenvalue weighted by Gasteiger charge is 2.46. The van der Waals surface area contributed by atoms with Crippen LogP contribution in [0.3, 0.4) is 0 Å². The molecule has 10 rings (SSSR count). The first-order valence-electron chi connectivity index (χ1n) is 16.6. The lowest BCUT2D eigenvalue weighted by Crippen LogP contribution is -2.28. The van der Waals surface area contributed by atoms with Crippen molar-refractivity contribution in [2.45, 2.75) is 5.41 Å². The van der Waals surface area contributed by atoms with Crippen molar-refractivity contribution >= 4 is 32.7 Å². The first kappa shape index (κ1) is 27.0. The van der Waals surface area contributed by atoms with Gasteiger partial charge in [0.25, 0.3) is 0 Å². The zero-order valence-corrected chi connectivity index (χ0v) is 26.2. The van der Waals surface area contributed by atoms with Gasteiger partial charge in [-0.1, -0.05) is 170 Å². The molecule has 0 atom stereocenters. The van der Waals surface area contributed by atoms with Gasteiger partial charge in [-0.05, 0) is 73.0 Å². The van der Waals surface area contributed by atoms with E-state index < -0.39 is 5.41 Å². The predicted molar refractivity (Wildman–Crippen MR) is 199 cm³/mol. The second-order valence-corrected chi connectivity index (χ2v) is 12.8. The van der Waals surface area contributed by atoms with Crippen LogP contribution in [0.2, 0.25) is 0 Å². The number of furan rings is 1. The molecular formula is C47H30O. The number of hydrogen-bond acceptors (Lipinski definition) is 1. The van der Waals surface area contributed by atoms with Gasteiger partial charge in [0.15, 0.2) is 0 Å². The van der Waals surface area contributed by atoms with Crippen LogP contribution in [0, 0.1) is 0 Å². The molecule has 0 N–H and O–H groups in total. The van der Waals surface area contributed by atoms with Crippen LogP contribution < -0.4 is 0 Å². The molecule has 48 heavy (non-hydrogen) atoms. The quantitative estimate of drug-likeness (QED) is 0.193. The van der Waals surface area contributed by atoms with Gasteiger partial charge in [0.05, 0.1) is 5.41 Å². The van der Waals surface area contributed by atoms with Crippen LogP contribution in [0.5, 0.6) is 0 Å². The van der Waals surface area contributed by atoms with Gasteiger partial charge in [-0.3, -0.25) is 0 Å². The number of fused-ring (bicyclic) bond motifs is 7. The molecule has 1 aromatic heterocycles. The van der Waals surface area contributed by atoms with E-state index in [2.05, 4.69) is 182 Å². The van der Waals surface area contributed by atoms with Crippen molar-refractivity contribution in [2.24, 2.45) is 0 Å². The summed E-state index contributed by atoms with van der Waals surface area (Å²) in [6.07, 6.45) is 0. The van der Waals surface area contributed by atoms with E-state index in [1.165, 1.54) is 55.3 Å². The summed E-state index contributed by atoms with van der Waals surface area (Å²) < 4.78 is 6.90. The lowest BCUT2D eigenvalue weighted by atomic mass is 9.67. The molecule has 0 radical (unpaired) electrons. The largest absolute Gasteiger partial charge is 0.455 e. The van der Waals surface area contributed by atoms with Gasteiger partial charge in [-0.15, -0.1) is 0 Å². The van der Waals surface area contributed by atoms with Crippen molar-refractivity contribution in [1.29, 1.82) is 0 Å². The topological polar surface area (TPSA) is 13.1 Å². The fourth-order valence-electron chi connectivity index (χ4n) is 8.27. The molecule has 0 amide bonds. The molecule has 0 fully saturated rings. The summed E-state index contributed by atoms with van der Waals surface area (Å²) in [5, 5.41) is 4.80. The molecule has 0 unspecified atom stereocenters. The van der Waals surface area contributed by atoms with Crippen LogP contribution in [-0.4, -0.2) is 0 Å². The van der Waals surface area contributed by atoms with Crippen molar-refractivity contribution in [3.63, 3.8) is 0 Å². The van der Waals surface area contributed by atoms with Crippen molar-refractivity contribution in [2.75, 3.05) is 0 Å². The normalized spacial score (nSPS) is 13.2. The Balaban J connectivity index is 1.18. The zero-order valence-electron chi connectivity index (χ0n) is 26.2. The highest BCUT2D eigenvalue weighted by atomic mass is 16.3. The molecule has 0 spiro atoms. The van der Waals surface area contributed by atoms with E-state index in [-0.39, 0.29) is 0 Å². The molecule has 0 saturated carbocycles. The average Bonchev–Trinajstić information content (AvgIpc) is 3.67. The predicted octanol–water partition coefficient (Wildman–Crippen LogP) is 12.4. The highest BCUT2D eigenvalue weighted by Crippen LogP contribution is 2.57. The summed E-state index contributed by atoms with van der Waals surface area (Å²) in [5.41, 5.74) is 13.7. The monoisotopic (exact) mass is 610 g/mol. The molecule has 1 aliphatic rings. The summed E-state index contributed by atoms with van der Waals surface area (Å²) in [7, 11) is 0. The van der Waals surface area contributed by atoms with Crippen LogP contribution in [0.15, 0.2) is 186 Å². The molecule has 0 bridgehead atoms. The van der Waals surface area contributed by atoms with Gasteiger partial charge in [-0.25, -0.2) is 0 Å². The van der Waals surface area contributed by atoms with E-state index in [1.807, 2.05) is 0 Å². The molecule has 1 heterocycles. The van der Waals surface area contributed by atoms with Gasteiger partial charge in [0.2, 0.25) is 0 Å². The number of rotatable bonds is 4. The second-order valence-electron chi connectivity index (χ2n) is 12.8. The summed E-state index contributed by atoms with van der Waals surface area (Å²) in [6, 6.07) is 66.0. The minimum atomic E-state index is -0.456. The van der Waals surface area contributed by atoms with Gasteiger partial charge < -0.3 is 4.42 Å². The summed E-state index contributed by atoms with van der Waals surface area (Å²) in [5.74, 6) is 0. The molecule has 8 aromatic carbocycles. The molecule has 9 aromatic rings. The zero-order chi connectivity index (χ0) is 31.7.